The second-order valence-corrected chi connectivity index (χ2v) is 15.7. The van der Waals surface area contributed by atoms with Gasteiger partial charge in [0.2, 0.25) is 0 Å². The summed E-state index contributed by atoms with van der Waals surface area (Å²) in [6.07, 6.45) is 11.3. The lowest BCUT2D eigenvalue weighted by molar-refractivity contribution is -0.140. The van der Waals surface area contributed by atoms with Crippen molar-refractivity contribution in [3.63, 3.8) is 0 Å². The molecule has 0 unspecified atom stereocenters. The molecular formula is C50H52F2N2O5. The average molecular weight is 799 g/mol. The van der Waals surface area contributed by atoms with Crippen LogP contribution >= 0.6 is 0 Å². The van der Waals surface area contributed by atoms with E-state index >= 15 is 0 Å². The van der Waals surface area contributed by atoms with Crippen molar-refractivity contribution in [2.24, 2.45) is 10.8 Å². The Hall–Kier alpha value is -6.06. The Morgan fingerprint density at radius 2 is 0.949 bits per heavy atom. The first-order chi connectivity index (χ1) is 28.5. The summed E-state index contributed by atoms with van der Waals surface area (Å²) in [6.45, 7) is 2.80. The Bertz CT molecular complexity index is 2200. The molecule has 2 amide bonds. The number of carboxylic acid groups (broad SMARTS) is 1. The summed E-state index contributed by atoms with van der Waals surface area (Å²) in [4.78, 5) is 48.5. The Morgan fingerprint density at radius 1 is 0.559 bits per heavy atom. The summed E-state index contributed by atoms with van der Waals surface area (Å²) < 4.78 is 27.3. The number of amides is 2. The number of hydrogen-bond acceptors (Lipinski definition) is 4. The fourth-order valence-electron chi connectivity index (χ4n) is 7.85. The van der Waals surface area contributed by atoms with Crippen molar-refractivity contribution in [3.8, 4) is 23.7 Å². The van der Waals surface area contributed by atoms with Gasteiger partial charge in [-0.25, -0.2) is 8.78 Å². The molecule has 4 aromatic rings. The first-order valence-corrected chi connectivity index (χ1v) is 20.5. The number of carboxylic acids is 1. The largest absolute Gasteiger partial charge is 0.481 e. The second kappa shape index (κ2) is 21.6. The van der Waals surface area contributed by atoms with Crippen LogP contribution in [0.25, 0.3) is 0 Å². The molecule has 9 heteroatoms. The molecule has 7 nitrogen and oxygen atoms in total. The Labute approximate surface area is 346 Å². The van der Waals surface area contributed by atoms with E-state index in [9.17, 15) is 33.1 Å². The minimum Gasteiger partial charge on any atom is -0.481 e. The maximum absolute atomic E-state index is 13.7. The molecular weight excluding hydrogens is 747 g/mol. The second-order valence-electron chi connectivity index (χ2n) is 15.7. The van der Waals surface area contributed by atoms with Gasteiger partial charge in [0.05, 0.1) is 17.5 Å². The van der Waals surface area contributed by atoms with Crippen molar-refractivity contribution in [2.75, 3.05) is 13.1 Å². The van der Waals surface area contributed by atoms with Crippen molar-refractivity contribution < 1.29 is 33.1 Å². The number of aliphatic carboxylic acids is 1. The third-order valence-corrected chi connectivity index (χ3v) is 11.3. The van der Waals surface area contributed by atoms with Gasteiger partial charge >= 0.3 is 5.97 Å². The fourth-order valence-corrected chi connectivity index (χ4v) is 7.85. The van der Waals surface area contributed by atoms with Gasteiger partial charge in [0.15, 0.2) is 0 Å². The normalized spacial score (nSPS) is 15.0. The molecule has 0 saturated heterocycles. The third-order valence-electron chi connectivity index (χ3n) is 11.3. The number of Topliss-reactive ketones (excluding diaryl/α,β-unsaturated/α-hetero) is 1. The first-order valence-electron chi connectivity index (χ1n) is 20.5. The van der Waals surface area contributed by atoms with Crippen molar-refractivity contribution in [1.82, 2.24) is 10.6 Å². The van der Waals surface area contributed by atoms with Gasteiger partial charge in [0.25, 0.3) is 11.8 Å². The minimum atomic E-state index is -0.820. The predicted octanol–water partition coefficient (Wildman–Crippen LogP) is 9.66. The summed E-state index contributed by atoms with van der Waals surface area (Å²) in [6, 6.07) is 26.5. The standard InChI is InChI=1S/C26H28FNO2.C24H24FNO3/c1-2-23(29)18-26(16-6-3-7-17-26)19-28-25(30)22-14-11-20(12-15-22)10-13-21-8-4-5-9-24(21)27;25-21-7-3-2-6-19(21)11-8-18-9-12-20(13-10-18)23(29)26-17-24(16-22(27)28)14-4-1-5-15-24/h4-5,8-9,11-12,14-15H,2-3,6-7,16-19H2,1H3,(H,28,30);2-3,6-7,9-10,12-13H,1,4-5,14-17H2,(H,26,29)(H,27,28). The molecule has 0 bridgehead atoms. The number of nitrogens with one attached hydrogen (secondary N) is 2. The van der Waals surface area contributed by atoms with E-state index in [4.69, 9.17) is 0 Å². The molecule has 0 atom stereocenters. The van der Waals surface area contributed by atoms with Gasteiger partial charge in [-0.15, -0.1) is 0 Å². The van der Waals surface area contributed by atoms with Crippen LogP contribution in [0.2, 0.25) is 0 Å². The molecule has 0 radical (unpaired) electrons. The third kappa shape index (κ3) is 13.5. The number of rotatable bonds is 11. The van der Waals surface area contributed by atoms with Crippen LogP contribution in [-0.4, -0.2) is 41.8 Å². The number of carbonyl (C=O) groups is 4. The van der Waals surface area contributed by atoms with Crippen LogP contribution in [0.3, 0.4) is 0 Å². The molecule has 3 N–H and O–H groups in total. The maximum atomic E-state index is 13.7. The minimum absolute atomic E-state index is 0.0812. The van der Waals surface area contributed by atoms with Crippen LogP contribution in [-0.2, 0) is 9.59 Å². The highest BCUT2D eigenvalue weighted by Crippen LogP contribution is 2.40. The molecule has 2 aliphatic rings. The van der Waals surface area contributed by atoms with Crippen LogP contribution in [0, 0.1) is 46.1 Å². The summed E-state index contributed by atoms with van der Waals surface area (Å²) in [5.74, 6) is 9.79. The number of halogens is 2. The number of benzene rings is 4. The van der Waals surface area contributed by atoms with Gasteiger partial charge < -0.3 is 15.7 Å². The molecule has 2 aliphatic carbocycles. The summed E-state index contributed by atoms with van der Waals surface area (Å²) in [7, 11) is 0. The first kappa shape index (κ1) is 44.1. The molecule has 0 spiro atoms. The molecule has 2 fully saturated rings. The molecule has 0 aromatic heterocycles. The van der Waals surface area contributed by atoms with E-state index in [0.717, 1.165) is 57.8 Å². The quantitative estimate of drug-likeness (QED) is 0.131. The van der Waals surface area contributed by atoms with Gasteiger partial charge in [0.1, 0.15) is 17.4 Å². The monoisotopic (exact) mass is 798 g/mol. The van der Waals surface area contributed by atoms with Crippen LogP contribution < -0.4 is 10.6 Å². The number of ketones is 1. The lowest BCUT2D eigenvalue weighted by Gasteiger charge is -2.37. The molecule has 2 saturated carbocycles. The van der Waals surface area contributed by atoms with E-state index in [0.29, 0.717) is 59.3 Å². The maximum Gasteiger partial charge on any atom is 0.303 e. The van der Waals surface area contributed by atoms with Crippen LogP contribution in [0.15, 0.2) is 97.1 Å². The predicted molar refractivity (Wildman–Crippen MR) is 226 cm³/mol. The average Bonchev–Trinajstić information content (AvgIpc) is 3.25. The van der Waals surface area contributed by atoms with Gasteiger partial charge in [0, 0.05) is 48.2 Å². The zero-order chi connectivity index (χ0) is 42.1. The van der Waals surface area contributed by atoms with Crippen molar-refractivity contribution in [3.05, 3.63) is 142 Å². The van der Waals surface area contributed by atoms with Crippen LogP contribution in [0.5, 0.6) is 0 Å². The molecule has 0 heterocycles. The molecule has 0 aliphatic heterocycles. The molecule has 306 valence electrons. The highest BCUT2D eigenvalue weighted by atomic mass is 19.1. The number of carbonyl (C=O) groups excluding carboxylic acids is 3. The number of hydrogen-bond donors (Lipinski definition) is 3. The SMILES string of the molecule is CCC(=O)CC1(CNC(=O)c2ccc(C#Cc3ccccc3F)cc2)CCCCC1.O=C(O)CC1(CNC(=O)c2ccc(C#Cc3ccccc3F)cc2)CCCCC1. The molecule has 4 aromatic carbocycles. The van der Waals surface area contributed by atoms with E-state index in [1.807, 2.05) is 6.92 Å². The summed E-state index contributed by atoms with van der Waals surface area (Å²) in [5.41, 5.74) is 2.65. The summed E-state index contributed by atoms with van der Waals surface area (Å²) >= 11 is 0. The Balaban J connectivity index is 0.000000224. The lowest BCUT2D eigenvalue weighted by Crippen LogP contribution is -2.40. The van der Waals surface area contributed by atoms with Gasteiger partial charge in [-0.3, -0.25) is 19.2 Å². The zero-order valence-corrected chi connectivity index (χ0v) is 33.7. The van der Waals surface area contributed by atoms with E-state index in [2.05, 4.69) is 34.3 Å². The highest BCUT2D eigenvalue weighted by Gasteiger charge is 2.35. The van der Waals surface area contributed by atoms with Crippen molar-refractivity contribution in [1.29, 1.82) is 0 Å². The van der Waals surface area contributed by atoms with Gasteiger partial charge in [-0.2, -0.15) is 0 Å². The van der Waals surface area contributed by atoms with E-state index in [1.165, 1.54) is 18.6 Å². The van der Waals surface area contributed by atoms with Crippen molar-refractivity contribution in [2.45, 2.75) is 90.4 Å². The smallest absolute Gasteiger partial charge is 0.303 e. The van der Waals surface area contributed by atoms with E-state index in [-0.39, 0.29) is 46.5 Å². The van der Waals surface area contributed by atoms with E-state index in [1.54, 1.807) is 84.9 Å². The topological polar surface area (TPSA) is 113 Å². The van der Waals surface area contributed by atoms with Crippen LogP contribution in [0.1, 0.15) is 133 Å². The zero-order valence-electron chi connectivity index (χ0n) is 33.7. The van der Waals surface area contributed by atoms with Gasteiger partial charge in [-0.05, 0) is 109 Å². The molecule has 59 heavy (non-hydrogen) atoms. The van der Waals surface area contributed by atoms with E-state index < -0.39 is 5.97 Å². The highest BCUT2D eigenvalue weighted by molar-refractivity contribution is 5.95. The van der Waals surface area contributed by atoms with Gasteiger partial charge in [-0.1, -0.05) is 93.4 Å². The molecule has 6 rings (SSSR count). The summed E-state index contributed by atoms with van der Waals surface area (Å²) in [5, 5.41) is 15.2. The van der Waals surface area contributed by atoms with Crippen molar-refractivity contribution >= 4 is 23.6 Å². The van der Waals surface area contributed by atoms with Crippen LogP contribution in [0.4, 0.5) is 8.78 Å². The fraction of sp³-hybridized carbons (Fsp3) is 0.360. The lowest BCUT2D eigenvalue weighted by atomic mass is 9.70. The Morgan fingerprint density at radius 3 is 1.32 bits per heavy atom. The Kier molecular flexibility index (Phi) is 16.1.